The third kappa shape index (κ3) is 4.88. The maximum Gasteiger partial charge on any atom is 0.290 e. The van der Waals surface area contributed by atoms with Crippen molar-refractivity contribution in [2.24, 2.45) is 0 Å². The highest BCUT2D eigenvalue weighted by atomic mass is 35.5. The smallest absolute Gasteiger partial charge is 0.290 e. The first-order chi connectivity index (χ1) is 18.0. The van der Waals surface area contributed by atoms with E-state index >= 15 is 0 Å². The van der Waals surface area contributed by atoms with Crippen LogP contribution in [0.5, 0.6) is 5.75 Å². The number of carbonyl (C=O) groups is 2. The number of allylic oxidation sites excluding steroid dienone is 1. The number of rotatable bonds is 8. The molecule has 1 unspecified atom stereocenters. The number of aliphatic hydroxyl groups excluding tert-OH is 1. The molecule has 3 aromatic carbocycles. The number of hydrogen-bond acceptors (Lipinski definition) is 4. The Morgan fingerprint density at radius 2 is 1.86 bits per heavy atom. The summed E-state index contributed by atoms with van der Waals surface area (Å²) in [4.78, 5) is 31.4. The van der Waals surface area contributed by atoms with Crippen molar-refractivity contribution in [2.75, 3.05) is 13.7 Å². The molecule has 0 aliphatic carbocycles. The molecule has 0 fully saturated rings. The number of aromatic nitrogens is 1. The van der Waals surface area contributed by atoms with Crippen molar-refractivity contribution in [1.82, 2.24) is 9.88 Å². The molecule has 186 valence electrons. The molecule has 1 aliphatic heterocycles. The Hall–Kier alpha value is -4.29. The molecule has 6 nitrogen and oxygen atoms in total. The number of benzene rings is 3. The number of fused-ring (bicyclic) bond motifs is 1. The zero-order valence-electron chi connectivity index (χ0n) is 20.1. The van der Waals surface area contributed by atoms with Crippen molar-refractivity contribution < 1.29 is 19.4 Å². The molecule has 1 atom stereocenters. The molecular weight excluding hydrogens is 488 g/mol. The summed E-state index contributed by atoms with van der Waals surface area (Å²) in [7, 11) is 1.62. The van der Waals surface area contributed by atoms with Crippen molar-refractivity contribution >= 4 is 40.3 Å². The number of methoxy groups -OCH3 is 1. The van der Waals surface area contributed by atoms with Gasteiger partial charge < -0.3 is 19.7 Å². The Kier molecular flexibility index (Phi) is 6.84. The molecular formula is C30H25ClN2O4. The minimum Gasteiger partial charge on any atom is -0.503 e. The summed E-state index contributed by atoms with van der Waals surface area (Å²) in [5, 5.41) is 12.4. The van der Waals surface area contributed by atoms with E-state index in [2.05, 4.69) is 4.98 Å². The van der Waals surface area contributed by atoms with Gasteiger partial charge in [0.05, 0.1) is 18.7 Å². The topological polar surface area (TPSA) is 82.6 Å². The minimum atomic E-state index is -0.738. The van der Waals surface area contributed by atoms with Crippen LogP contribution in [0, 0.1) is 0 Å². The van der Waals surface area contributed by atoms with Crippen LogP contribution in [0.3, 0.4) is 0 Å². The summed E-state index contributed by atoms with van der Waals surface area (Å²) >= 11 is 6.10. The Morgan fingerprint density at radius 1 is 1.11 bits per heavy atom. The Bertz CT molecular complexity index is 1520. The molecule has 1 aliphatic rings. The lowest BCUT2D eigenvalue weighted by Crippen LogP contribution is -2.33. The number of aliphatic hydroxyl groups is 1. The first kappa shape index (κ1) is 24.4. The molecule has 4 aromatic rings. The van der Waals surface area contributed by atoms with Crippen LogP contribution in [0.2, 0.25) is 5.02 Å². The normalized spacial score (nSPS) is 15.8. The maximum atomic E-state index is 13.3. The standard InChI is InChI=1S/C30H25ClN2O4/c1-37-23-12-13-25-24(17-23)21(18-32-25)15-16-33-28(20-8-10-22(31)11-9-20)27(29(35)30(33)36)26(34)14-7-19-5-3-2-4-6-19/h2-14,17-18,28,32,35H,15-16H2,1H3/b14-7+. The lowest BCUT2D eigenvalue weighted by atomic mass is 9.95. The van der Waals surface area contributed by atoms with Gasteiger partial charge in [0.15, 0.2) is 11.5 Å². The fraction of sp³-hybridized carbons (Fsp3) is 0.133. The molecule has 1 amide bonds. The highest BCUT2D eigenvalue weighted by Crippen LogP contribution is 2.38. The number of H-pyrrole nitrogens is 1. The van der Waals surface area contributed by atoms with Gasteiger partial charge in [0.1, 0.15) is 5.75 Å². The van der Waals surface area contributed by atoms with E-state index in [9.17, 15) is 14.7 Å². The number of ether oxygens (including phenoxy) is 1. The van der Waals surface area contributed by atoms with Crippen molar-refractivity contribution in [2.45, 2.75) is 12.5 Å². The summed E-state index contributed by atoms with van der Waals surface area (Å²) in [6.07, 6.45) is 5.49. The number of aromatic amines is 1. The molecule has 0 spiro atoms. The van der Waals surface area contributed by atoms with E-state index in [1.807, 2.05) is 54.7 Å². The van der Waals surface area contributed by atoms with Gasteiger partial charge in [-0.1, -0.05) is 60.1 Å². The lowest BCUT2D eigenvalue weighted by Gasteiger charge is -2.26. The number of amides is 1. The molecule has 0 bridgehead atoms. The predicted molar refractivity (Wildman–Crippen MR) is 145 cm³/mol. The van der Waals surface area contributed by atoms with Crippen LogP contribution >= 0.6 is 11.6 Å². The number of nitrogens with one attached hydrogen (secondary N) is 1. The zero-order chi connectivity index (χ0) is 25.9. The summed E-state index contributed by atoms with van der Waals surface area (Å²) < 4.78 is 5.36. The second kappa shape index (κ2) is 10.4. The second-order valence-corrected chi connectivity index (χ2v) is 9.24. The fourth-order valence-corrected chi connectivity index (χ4v) is 4.81. The van der Waals surface area contributed by atoms with Gasteiger partial charge in [-0.15, -0.1) is 0 Å². The quantitative estimate of drug-likeness (QED) is 0.281. The van der Waals surface area contributed by atoms with E-state index in [0.29, 0.717) is 23.6 Å². The number of hydrogen-bond donors (Lipinski definition) is 2. The third-order valence-corrected chi connectivity index (χ3v) is 6.83. The van der Waals surface area contributed by atoms with E-state index in [-0.39, 0.29) is 5.57 Å². The van der Waals surface area contributed by atoms with Crippen LogP contribution in [0.25, 0.3) is 17.0 Å². The third-order valence-electron chi connectivity index (χ3n) is 6.58. The molecule has 2 N–H and O–H groups in total. The molecule has 7 heteroatoms. The van der Waals surface area contributed by atoms with Crippen molar-refractivity contribution in [3.8, 4) is 5.75 Å². The van der Waals surface area contributed by atoms with Gasteiger partial charge >= 0.3 is 0 Å². The van der Waals surface area contributed by atoms with Gasteiger partial charge in [0.25, 0.3) is 5.91 Å². The first-order valence-corrected chi connectivity index (χ1v) is 12.2. The average Bonchev–Trinajstić information content (AvgIpc) is 3.44. The Morgan fingerprint density at radius 3 is 2.59 bits per heavy atom. The lowest BCUT2D eigenvalue weighted by molar-refractivity contribution is -0.129. The van der Waals surface area contributed by atoms with Gasteiger partial charge in [-0.2, -0.15) is 0 Å². The van der Waals surface area contributed by atoms with E-state index < -0.39 is 23.5 Å². The highest BCUT2D eigenvalue weighted by molar-refractivity contribution is 6.30. The van der Waals surface area contributed by atoms with Crippen LogP contribution in [0.4, 0.5) is 0 Å². The van der Waals surface area contributed by atoms with Crippen molar-refractivity contribution in [1.29, 1.82) is 0 Å². The number of nitrogens with zero attached hydrogens (tertiary/aromatic N) is 1. The Balaban J connectivity index is 1.46. The second-order valence-electron chi connectivity index (χ2n) is 8.80. The van der Waals surface area contributed by atoms with Crippen molar-refractivity contribution in [3.05, 3.63) is 118 Å². The summed E-state index contributed by atoms with van der Waals surface area (Å²) in [6, 6.07) is 21.4. The van der Waals surface area contributed by atoms with Crippen LogP contribution in [0.1, 0.15) is 22.7 Å². The van der Waals surface area contributed by atoms with E-state index in [1.54, 1.807) is 42.4 Å². The zero-order valence-corrected chi connectivity index (χ0v) is 20.9. The molecule has 37 heavy (non-hydrogen) atoms. The fourth-order valence-electron chi connectivity index (χ4n) is 4.69. The molecule has 2 heterocycles. The van der Waals surface area contributed by atoms with Gasteiger partial charge in [-0.25, -0.2) is 0 Å². The highest BCUT2D eigenvalue weighted by Gasteiger charge is 2.42. The number of ketones is 1. The number of halogens is 1. The maximum absolute atomic E-state index is 13.3. The van der Waals surface area contributed by atoms with E-state index in [4.69, 9.17) is 16.3 Å². The summed E-state index contributed by atoms with van der Waals surface area (Å²) in [6.45, 7) is 0.291. The van der Waals surface area contributed by atoms with Crippen LogP contribution < -0.4 is 4.74 Å². The minimum absolute atomic E-state index is 0.0556. The largest absolute Gasteiger partial charge is 0.503 e. The van der Waals surface area contributed by atoms with Crippen molar-refractivity contribution in [3.63, 3.8) is 0 Å². The number of carbonyl (C=O) groups excluding carboxylic acids is 2. The molecule has 0 radical (unpaired) electrons. The van der Waals surface area contributed by atoms with E-state index in [0.717, 1.165) is 27.8 Å². The van der Waals surface area contributed by atoms with Crippen LogP contribution in [0.15, 0.2) is 96.4 Å². The Labute approximate surface area is 219 Å². The molecule has 1 aromatic heterocycles. The molecule has 5 rings (SSSR count). The monoisotopic (exact) mass is 512 g/mol. The summed E-state index contributed by atoms with van der Waals surface area (Å²) in [5.74, 6) is -0.784. The SMILES string of the molecule is COc1ccc2[nH]cc(CCN3C(=O)C(O)=C(C(=O)/C=C/c4ccccc4)C3c3ccc(Cl)cc3)c2c1. The van der Waals surface area contributed by atoms with Gasteiger partial charge in [-0.3, -0.25) is 9.59 Å². The van der Waals surface area contributed by atoms with Crippen LogP contribution in [-0.2, 0) is 16.0 Å². The van der Waals surface area contributed by atoms with Gasteiger partial charge in [0, 0.05) is 28.7 Å². The molecule has 0 saturated carbocycles. The van der Waals surface area contributed by atoms with Gasteiger partial charge in [0.2, 0.25) is 0 Å². The molecule has 0 saturated heterocycles. The van der Waals surface area contributed by atoms with Gasteiger partial charge in [-0.05, 0) is 59.5 Å². The first-order valence-electron chi connectivity index (χ1n) is 11.9. The predicted octanol–water partition coefficient (Wildman–Crippen LogP) is 6.05. The average molecular weight is 513 g/mol. The van der Waals surface area contributed by atoms with E-state index in [1.165, 1.54) is 6.08 Å². The summed E-state index contributed by atoms with van der Waals surface area (Å²) in [5.41, 5.74) is 3.55. The van der Waals surface area contributed by atoms with Crippen LogP contribution in [-0.4, -0.2) is 40.3 Å².